The standard InChI is InChI=1S/C38H41F3N6O8SSi/c1-57(2,3)18-17-53-23-47-36(44-32-14-12-29(21-43-32)55-22-25-5-4-6-27(19-25)37(49)50)33(35(42)48)34(45-47)26-9-13-30(46-56(51,52)38(40)41)31(20-26)54-16-15-24-7-10-28(39)11-8-24/h4-14,19-21,38,46H,15-18,22-23H2,1-3H3,(H2,42,48)(H,43,44)(H,49,50). The highest BCUT2D eigenvalue weighted by molar-refractivity contribution is 7.93. The summed E-state index contributed by atoms with van der Waals surface area (Å²) in [7, 11) is -6.58. The number of carboxylic acids is 1. The van der Waals surface area contributed by atoms with Gasteiger partial charge in [-0.15, -0.1) is 0 Å². The number of aromatic carboxylic acids is 1. The van der Waals surface area contributed by atoms with Gasteiger partial charge < -0.3 is 30.4 Å². The number of nitrogens with one attached hydrogen (secondary N) is 2. The van der Waals surface area contributed by atoms with Crippen LogP contribution in [0.4, 0.5) is 30.5 Å². The molecule has 0 spiro atoms. The number of carbonyl (C=O) groups is 2. The maximum Gasteiger partial charge on any atom is 0.355 e. The van der Waals surface area contributed by atoms with Crippen LogP contribution in [-0.4, -0.2) is 67.2 Å². The number of nitrogens with zero attached hydrogens (tertiary/aromatic N) is 3. The molecule has 5 aromatic rings. The van der Waals surface area contributed by atoms with E-state index in [1.807, 2.05) is 4.72 Å². The Bertz CT molecular complexity index is 2310. The molecule has 2 aromatic heterocycles. The van der Waals surface area contributed by atoms with Gasteiger partial charge in [-0.05, 0) is 65.7 Å². The maximum atomic E-state index is 13.4. The molecule has 0 radical (unpaired) electrons. The molecule has 0 aliphatic heterocycles. The number of carbonyl (C=O) groups excluding carboxylic acids is 1. The van der Waals surface area contributed by atoms with Crippen molar-refractivity contribution in [2.75, 3.05) is 23.3 Å². The maximum absolute atomic E-state index is 13.4. The van der Waals surface area contributed by atoms with Crippen molar-refractivity contribution < 1.29 is 50.5 Å². The van der Waals surface area contributed by atoms with Crippen LogP contribution in [0.2, 0.25) is 25.7 Å². The van der Waals surface area contributed by atoms with Gasteiger partial charge in [0.1, 0.15) is 53.5 Å². The van der Waals surface area contributed by atoms with Gasteiger partial charge in [-0.1, -0.05) is 50.0 Å². The molecule has 57 heavy (non-hydrogen) atoms. The number of hydrogen-bond donors (Lipinski definition) is 4. The van der Waals surface area contributed by atoms with Gasteiger partial charge in [-0.2, -0.15) is 13.9 Å². The largest absolute Gasteiger partial charge is 0.491 e. The topological polar surface area (TPSA) is 197 Å². The van der Waals surface area contributed by atoms with Crippen molar-refractivity contribution >= 4 is 47.3 Å². The fraction of sp³-hybridized carbons (Fsp3) is 0.263. The first-order valence-electron chi connectivity index (χ1n) is 17.5. The van der Waals surface area contributed by atoms with Gasteiger partial charge in [0.05, 0.1) is 24.1 Å². The molecule has 3 aromatic carbocycles. The minimum absolute atomic E-state index is 0.0361. The fourth-order valence-electron chi connectivity index (χ4n) is 5.27. The summed E-state index contributed by atoms with van der Waals surface area (Å²) in [5, 5.41) is 17.0. The average molecular weight is 827 g/mol. The van der Waals surface area contributed by atoms with Gasteiger partial charge in [0.25, 0.3) is 15.9 Å². The zero-order valence-corrected chi connectivity index (χ0v) is 33.0. The fourth-order valence-corrected chi connectivity index (χ4v) is 6.59. The molecule has 5 rings (SSSR count). The number of carboxylic acid groups (broad SMARTS) is 1. The second-order valence-corrected chi connectivity index (χ2v) is 21.2. The van der Waals surface area contributed by atoms with E-state index in [1.54, 1.807) is 36.4 Å². The Labute approximate surface area is 327 Å². The molecule has 1 amide bonds. The zero-order valence-electron chi connectivity index (χ0n) is 31.2. The van der Waals surface area contributed by atoms with Gasteiger partial charge >= 0.3 is 11.7 Å². The first kappa shape index (κ1) is 42.2. The summed E-state index contributed by atoms with van der Waals surface area (Å²) in [6.07, 6.45) is 1.68. The van der Waals surface area contributed by atoms with E-state index in [4.69, 9.17) is 19.9 Å². The van der Waals surface area contributed by atoms with Gasteiger partial charge in [0, 0.05) is 26.7 Å². The molecule has 0 saturated carbocycles. The van der Waals surface area contributed by atoms with E-state index < -0.39 is 41.5 Å². The summed E-state index contributed by atoms with van der Waals surface area (Å²) in [5.74, 6) is -5.55. The summed E-state index contributed by atoms with van der Waals surface area (Å²) in [4.78, 5) is 28.9. The molecule has 0 aliphatic rings. The molecule has 0 aliphatic carbocycles. The Balaban J connectivity index is 1.47. The number of pyridine rings is 1. The number of amides is 1. The molecule has 0 unspecified atom stereocenters. The number of aromatic nitrogens is 3. The summed E-state index contributed by atoms with van der Waals surface area (Å²) in [6.45, 7) is 6.88. The molecule has 0 bridgehead atoms. The third-order valence-corrected chi connectivity index (χ3v) is 11.0. The first-order chi connectivity index (χ1) is 27.0. The van der Waals surface area contributed by atoms with Crippen molar-refractivity contribution in [1.29, 1.82) is 0 Å². The van der Waals surface area contributed by atoms with Crippen LogP contribution in [0.1, 0.15) is 31.8 Å². The van der Waals surface area contributed by atoms with Crippen LogP contribution in [-0.2, 0) is 34.5 Å². The minimum Gasteiger partial charge on any atom is -0.491 e. The normalized spacial score (nSPS) is 11.7. The van der Waals surface area contributed by atoms with Crippen molar-refractivity contribution in [2.24, 2.45) is 5.73 Å². The quantitative estimate of drug-likeness (QED) is 0.0461. The Morgan fingerprint density at radius 1 is 0.965 bits per heavy atom. The molecule has 2 heterocycles. The molecule has 0 saturated heterocycles. The third-order valence-electron chi connectivity index (χ3n) is 8.27. The molecule has 19 heteroatoms. The molecular formula is C38H41F3N6O8SSi. The Morgan fingerprint density at radius 2 is 1.72 bits per heavy atom. The zero-order chi connectivity index (χ0) is 41.3. The van der Waals surface area contributed by atoms with Crippen LogP contribution in [0.15, 0.2) is 85.1 Å². The van der Waals surface area contributed by atoms with E-state index in [9.17, 15) is 36.3 Å². The smallest absolute Gasteiger partial charge is 0.355 e. The number of halogens is 3. The van der Waals surface area contributed by atoms with E-state index in [1.165, 1.54) is 53.3 Å². The van der Waals surface area contributed by atoms with Crippen LogP contribution in [0, 0.1) is 5.82 Å². The number of ether oxygens (including phenoxy) is 3. The summed E-state index contributed by atoms with van der Waals surface area (Å²) in [5.41, 5.74) is 7.25. The first-order valence-corrected chi connectivity index (χ1v) is 22.7. The van der Waals surface area contributed by atoms with Crippen LogP contribution in [0.5, 0.6) is 11.5 Å². The average Bonchev–Trinajstić information content (AvgIpc) is 3.52. The molecular weight excluding hydrogens is 786 g/mol. The van der Waals surface area contributed by atoms with Crippen molar-refractivity contribution in [3.63, 3.8) is 0 Å². The van der Waals surface area contributed by atoms with Gasteiger partial charge in [0.15, 0.2) is 0 Å². The number of hydrogen-bond acceptors (Lipinski definition) is 10. The SMILES string of the molecule is C[Si](C)(C)CCOCn1nc(-c2ccc(NS(=O)(=O)C(F)F)c(OCCc3ccc(F)cc3)c2)c(C(N)=O)c1Nc1ccc(OCc2cccc(C(=O)O)c2)cn1. The van der Waals surface area contributed by atoms with E-state index in [0.717, 1.165) is 6.04 Å². The van der Waals surface area contributed by atoms with Crippen LogP contribution in [0.25, 0.3) is 11.3 Å². The number of nitrogens with two attached hydrogens (primary N) is 1. The Kier molecular flexibility index (Phi) is 13.6. The van der Waals surface area contributed by atoms with Crippen molar-refractivity contribution in [3.8, 4) is 22.8 Å². The lowest BCUT2D eigenvalue weighted by molar-refractivity contribution is 0.0696. The number of anilines is 3. The highest BCUT2D eigenvalue weighted by Crippen LogP contribution is 2.36. The molecule has 0 fully saturated rings. The molecule has 302 valence electrons. The van der Waals surface area contributed by atoms with Gasteiger partial charge in [0.2, 0.25) is 0 Å². The number of sulfonamides is 1. The number of benzene rings is 3. The monoisotopic (exact) mass is 826 g/mol. The minimum atomic E-state index is -5.10. The Morgan fingerprint density at radius 3 is 2.37 bits per heavy atom. The molecule has 5 N–H and O–H groups in total. The molecule has 14 nitrogen and oxygen atoms in total. The van der Waals surface area contributed by atoms with Gasteiger partial charge in [-0.25, -0.2) is 27.3 Å². The van der Waals surface area contributed by atoms with Crippen LogP contribution < -0.4 is 25.2 Å². The molecule has 0 atom stereocenters. The predicted octanol–water partition coefficient (Wildman–Crippen LogP) is 7.10. The second-order valence-electron chi connectivity index (χ2n) is 13.9. The van der Waals surface area contributed by atoms with E-state index in [0.29, 0.717) is 23.5 Å². The lowest BCUT2D eigenvalue weighted by Gasteiger charge is -2.16. The van der Waals surface area contributed by atoms with E-state index in [-0.39, 0.29) is 71.8 Å². The van der Waals surface area contributed by atoms with Gasteiger partial charge in [-0.3, -0.25) is 9.52 Å². The lowest BCUT2D eigenvalue weighted by Crippen LogP contribution is -2.22. The number of primary amides is 1. The van der Waals surface area contributed by atoms with Crippen molar-refractivity contribution in [1.82, 2.24) is 14.8 Å². The second kappa shape index (κ2) is 18.3. The highest BCUT2D eigenvalue weighted by Gasteiger charge is 2.28. The van der Waals surface area contributed by atoms with E-state index >= 15 is 0 Å². The van der Waals surface area contributed by atoms with Crippen LogP contribution >= 0.6 is 0 Å². The number of alkyl halides is 2. The summed E-state index contributed by atoms with van der Waals surface area (Å²) < 4.78 is 85.4. The number of rotatable bonds is 20. The van der Waals surface area contributed by atoms with Crippen molar-refractivity contribution in [3.05, 3.63) is 113 Å². The summed E-state index contributed by atoms with van der Waals surface area (Å²) in [6, 6.07) is 19.9. The highest BCUT2D eigenvalue weighted by atomic mass is 32.2. The predicted molar refractivity (Wildman–Crippen MR) is 210 cm³/mol. The third kappa shape index (κ3) is 11.8. The van der Waals surface area contributed by atoms with Crippen molar-refractivity contribution in [2.45, 2.75) is 51.2 Å². The summed E-state index contributed by atoms with van der Waals surface area (Å²) >= 11 is 0. The Hall–Kier alpha value is -5.92. The van der Waals surface area contributed by atoms with E-state index in [2.05, 4.69) is 35.0 Å². The van der Waals surface area contributed by atoms with Crippen LogP contribution in [0.3, 0.4) is 0 Å². The lowest BCUT2D eigenvalue weighted by atomic mass is 10.1.